The highest BCUT2D eigenvalue weighted by Gasteiger charge is 2.50. The van der Waals surface area contributed by atoms with Gasteiger partial charge in [0.25, 0.3) is 5.69 Å². The van der Waals surface area contributed by atoms with Gasteiger partial charge in [-0.05, 0) is 26.7 Å². The number of aryl methyl sites for hydroxylation is 1. The van der Waals surface area contributed by atoms with Crippen molar-refractivity contribution in [1.82, 2.24) is 4.90 Å². The van der Waals surface area contributed by atoms with Gasteiger partial charge in [0.05, 0.1) is 16.8 Å². The molecule has 1 aromatic carbocycles. The number of nitro benzene ring substituents is 1. The van der Waals surface area contributed by atoms with Gasteiger partial charge in [-0.15, -0.1) is 0 Å². The molecule has 29 heavy (non-hydrogen) atoms. The number of hydrogen-bond acceptors (Lipinski definition) is 7. The Morgan fingerprint density at radius 3 is 2.34 bits per heavy atom. The Morgan fingerprint density at radius 2 is 1.79 bits per heavy atom. The van der Waals surface area contributed by atoms with Crippen LogP contribution in [0.15, 0.2) is 30.4 Å². The Labute approximate surface area is 166 Å². The van der Waals surface area contributed by atoms with Crippen molar-refractivity contribution >= 4 is 29.3 Å². The van der Waals surface area contributed by atoms with Gasteiger partial charge in [-0.1, -0.05) is 24.3 Å². The molecular weight excluding hydrogens is 380 g/mol. The van der Waals surface area contributed by atoms with Crippen LogP contribution < -0.4 is 0 Å². The van der Waals surface area contributed by atoms with Gasteiger partial charge in [-0.2, -0.15) is 0 Å². The van der Waals surface area contributed by atoms with Crippen molar-refractivity contribution in [1.29, 1.82) is 0 Å². The van der Waals surface area contributed by atoms with E-state index in [9.17, 15) is 29.3 Å². The number of carbonyl (C=O) groups excluding carboxylic acids is 4. The molecule has 152 valence electrons. The summed E-state index contributed by atoms with van der Waals surface area (Å²) in [6, 6.07) is 2.82. The number of ether oxygens (including phenoxy) is 1. The molecule has 0 bridgehead atoms. The number of nitro groups is 1. The van der Waals surface area contributed by atoms with Crippen molar-refractivity contribution in [3.05, 3.63) is 51.6 Å². The first-order valence-electron chi connectivity index (χ1n) is 9.19. The van der Waals surface area contributed by atoms with E-state index in [4.69, 9.17) is 4.74 Å². The van der Waals surface area contributed by atoms with Gasteiger partial charge in [-0.3, -0.25) is 29.4 Å². The molecule has 3 atom stereocenters. The summed E-state index contributed by atoms with van der Waals surface area (Å²) >= 11 is 0. The molecule has 9 nitrogen and oxygen atoms in total. The van der Waals surface area contributed by atoms with Crippen molar-refractivity contribution in [3.8, 4) is 0 Å². The van der Waals surface area contributed by atoms with E-state index >= 15 is 0 Å². The lowest BCUT2D eigenvalue weighted by Gasteiger charge is -2.21. The lowest BCUT2D eigenvalue weighted by atomic mass is 9.85. The first-order chi connectivity index (χ1) is 13.7. The van der Waals surface area contributed by atoms with Gasteiger partial charge in [0, 0.05) is 17.2 Å². The fraction of sp³-hybridized carbons (Fsp3) is 0.400. The topological polar surface area (TPSA) is 124 Å². The third-order valence-corrected chi connectivity index (χ3v) is 5.34. The number of benzene rings is 1. The maximum Gasteiger partial charge on any atom is 0.329 e. The van der Waals surface area contributed by atoms with Crippen LogP contribution in [0, 0.1) is 28.9 Å². The lowest BCUT2D eigenvalue weighted by molar-refractivity contribution is -0.385. The summed E-state index contributed by atoms with van der Waals surface area (Å²) in [7, 11) is 0. The van der Waals surface area contributed by atoms with Crippen LogP contribution in [0.3, 0.4) is 0 Å². The third kappa shape index (κ3) is 3.80. The second kappa shape index (κ2) is 7.94. The smallest absolute Gasteiger partial charge is 0.329 e. The molecule has 1 saturated heterocycles. The fourth-order valence-electron chi connectivity index (χ4n) is 3.63. The molecule has 0 unspecified atom stereocenters. The van der Waals surface area contributed by atoms with Crippen LogP contribution in [0.2, 0.25) is 0 Å². The SMILES string of the molecule is Cc1ccc(C(=O)COC(=O)[C@H](C)N2C(=O)[C@H]3CC=CC[C@@H]3C2=O)cc1[N+](=O)[O-]. The largest absolute Gasteiger partial charge is 0.456 e. The summed E-state index contributed by atoms with van der Waals surface area (Å²) in [4.78, 5) is 61.0. The van der Waals surface area contributed by atoms with E-state index in [2.05, 4.69) is 0 Å². The number of carbonyl (C=O) groups is 4. The van der Waals surface area contributed by atoms with Gasteiger partial charge < -0.3 is 4.74 Å². The number of rotatable bonds is 6. The van der Waals surface area contributed by atoms with Crippen LogP contribution >= 0.6 is 0 Å². The second-order valence-corrected chi connectivity index (χ2v) is 7.17. The zero-order valence-corrected chi connectivity index (χ0v) is 16.0. The highest BCUT2D eigenvalue weighted by molar-refractivity contribution is 6.08. The number of fused-ring (bicyclic) bond motifs is 1. The molecular formula is C20H20N2O7. The van der Waals surface area contributed by atoms with E-state index in [1.54, 1.807) is 6.92 Å². The molecule has 3 rings (SSSR count). The molecule has 1 fully saturated rings. The van der Waals surface area contributed by atoms with Crippen LogP contribution in [0.1, 0.15) is 35.7 Å². The minimum absolute atomic E-state index is 0.0353. The highest BCUT2D eigenvalue weighted by atomic mass is 16.6. The van der Waals surface area contributed by atoms with Gasteiger partial charge in [0.15, 0.2) is 6.61 Å². The summed E-state index contributed by atoms with van der Waals surface area (Å²) in [5.74, 6) is -3.24. The first-order valence-corrected chi connectivity index (χ1v) is 9.19. The number of nitrogens with zero attached hydrogens (tertiary/aromatic N) is 2. The summed E-state index contributed by atoms with van der Waals surface area (Å²) in [6.45, 7) is 2.28. The molecule has 1 aromatic rings. The van der Waals surface area contributed by atoms with Crippen LogP contribution in [0.4, 0.5) is 5.69 Å². The van der Waals surface area contributed by atoms with Crippen molar-refractivity contribution in [3.63, 3.8) is 0 Å². The molecule has 0 radical (unpaired) electrons. The first kappa shape index (κ1) is 20.4. The van der Waals surface area contributed by atoms with E-state index in [-0.39, 0.29) is 11.3 Å². The number of amides is 2. The fourth-order valence-corrected chi connectivity index (χ4v) is 3.63. The molecule has 1 heterocycles. The molecule has 1 aliphatic carbocycles. The maximum atomic E-state index is 12.5. The van der Waals surface area contributed by atoms with Crippen molar-refractivity contribution < 1.29 is 28.8 Å². The number of likely N-dealkylation sites (tertiary alicyclic amines) is 1. The monoisotopic (exact) mass is 400 g/mol. The second-order valence-electron chi connectivity index (χ2n) is 7.17. The molecule has 9 heteroatoms. The molecule has 2 aliphatic rings. The molecule has 0 saturated carbocycles. The van der Waals surface area contributed by atoms with E-state index in [1.165, 1.54) is 19.1 Å². The minimum atomic E-state index is -1.15. The number of esters is 1. The number of Topliss-reactive ketones (excluding diaryl/α,β-unsaturated/α-hetero) is 1. The molecule has 2 amide bonds. The maximum absolute atomic E-state index is 12.5. The van der Waals surface area contributed by atoms with E-state index in [1.807, 2.05) is 12.2 Å². The van der Waals surface area contributed by atoms with Crippen molar-refractivity contribution in [2.24, 2.45) is 11.8 Å². The normalized spacial score (nSPS) is 21.7. The van der Waals surface area contributed by atoms with Crippen LogP contribution in [-0.4, -0.2) is 46.0 Å². The van der Waals surface area contributed by atoms with Gasteiger partial charge in [-0.25, -0.2) is 4.79 Å². The van der Waals surface area contributed by atoms with Crippen LogP contribution in [0.5, 0.6) is 0 Å². The quantitative estimate of drug-likeness (QED) is 0.179. The Bertz CT molecular complexity index is 911. The predicted octanol–water partition coefficient (Wildman–Crippen LogP) is 1.97. The van der Waals surface area contributed by atoms with E-state index in [0.717, 1.165) is 11.0 Å². The zero-order valence-electron chi connectivity index (χ0n) is 16.0. The van der Waals surface area contributed by atoms with Crippen molar-refractivity contribution in [2.45, 2.75) is 32.7 Å². The Morgan fingerprint density at radius 1 is 1.21 bits per heavy atom. The van der Waals surface area contributed by atoms with Gasteiger partial charge in [0.1, 0.15) is 6.04 Å². The van der Waals surface area contributed by atoms with E-state index < -0.39 is 53.0 Å². The Hall–Kier alpha value is -3.36. The third-order valence-electron chi connectivity index (χ3n) is 5.34. The Balaban J connectivity index is 1.64. The average molecular weight is 400 g/mol. The van der Waals surface area contributed by atoms with Crippen molar-refractivity contribution in [2.75, 3.05) is 6.61 Å². The van der Waals surface area contributed by atoms with E-state index in [0.29, 0.717) is 18.4 Å². The van der Waals surface area contributed by atoms with Gasteiger partial charge in [0.2, 0.25) is 17.6 Å². The average Bonchev–Trinajstić information content (AvgIpc) is 2.96. The highest BCUT2D eigenvalue weighted by Crippen LogP contribution is 2.36. The summed E-state index contributed by atoms with van der Waals surface area (Å²) < 4.78 is 4.99. The minimum Gasteiger partial charge on any atom is -0.456 e. The number of imide groups is 1. The summed E-state index contributed by atoms with van der Waals surface area (Å²) in [5.41, 5.74) is 0.229. The van der Waals surface area contributed by atoms with Crippen LogP contribution in [-0.2, 0) is 19.1 Å². The zero-order chi connectivity index (χ0) is 21.3. The van der Waals surface area contributed by atoms with Gasteiger partial charge >= 0.3 is 5.97 Å². The molecule has 0 aromatic heterocycles. The lowest BCUT2D eigenvalue weighted by Crippen LogP contribution is -2.44. The summed E-state index contributed by atoms with van der Waals surface area (Å²) in [6.07, 6.45) is 4.60. The van der Waals surface area contributed by atoms with Crippen LogP contribution in [0.25, 0.3) is 0 Å². The predicted molar refractivity (Wildman–Crippen MR) is 99.8 cm³/mol. The Kier molecular flexibility index (Phi) is 5.58. The molecule has 1 aliphatic heterocycles. The summed E-state index contributed by atoms with van der Waals surface area (Å²) in [5, 5.41) is 11.0. The molecule has 0 N–H and O–H groups in total. The number of hydrogen-bond donors (Lipinski definition) is 0. The number of ketones is 1. The molecule has 0 spiro atoms. The standard InChI is InChI=1S/C20H20N2O7/c1-11-7-8-13(9-16(11)22(27)28)17(23)10-29-20(26)12(2)21-18(24)14-5-3-4-6-15(14)19(21)25/h3-4,7-9,12,14-15H,5-6,10H2,1-2H3/t12-,14-,15-/m0/s1. The number of allylic oxidation sites excluding steroid dienone is 2.